The molecule has 2 aromatic carbocycles. The number of hydrogen-bond acceptors (Lipinski definition) is 4. The van der Waals surface area contributed by atoms with E-state index in [4.69, 9.17) is 4.74 Å². The molecule has 6 nitrogen and oxygen atoms in total. The highest BCUT2D eigenvalue weighted by atomic mass is 16.5. The second-order valence-electron chi connectivity index (χ2n) is 6.82. The number of anilines is 3. The molecule has 1 aliphatic heterocycles. The summed E-state index contributed by atoms with van der Waals surface area (Å²) in [4.78, 5) is 28.4. The Bertz CT molecular complexity index is 797. The van der Waals surface area contributed by atoms with Gasteiger partial charge >= 0.3 is 0 Å². The lowest BCUT2D eigenvalue weighted by atomic mass is 10.2. The van der Waals surface area contributed by atoms with Gasteiger partial charge in [-0.1, -0.05) is 0 Å². The Morgan fingerprint density at radius 2 is 1.68 bits per heavy atom. The average Bonchev–Trinajstić information content (AvgIpc) is 3.23. The van der Waals surface area contributed by atoms with Gasteiger partial charge in [0.1, 0.15) is 12.3 Å². The van der Waals surface area contributed by atoms with Crippen molar-refractivity contribution in [1.82, 2.24) is 0 Å². The van der Waals surface area contributed by atoms with Crippen molar-refractivity contribution in [3.8, 4) is 5.75 Å². The van der Waals surface area contributed by atoms with Gasteiger partial charge in [0.2, 0.25) is 11.8 Å². The van der Waals surface area contributed by atoms with Gasteiger partial charge in [0, 0.05) is 37.1 Å². The summed E-state index contributed by atoms with van der Waals surface area (Å²) in [5.74, 6) is 0.336. The summed E-state index contributed by atoms with van der Waals surface area (Å²) in [6, 6.07) is 15.0. The number of carbonyl (C=O) groups is 2. The summed E-state index contributed by atoms with van der Waals surface area (Å²) < 4.78 is 5.40. The van der Waals surface area contributed by atoms with Gasteiger partial charge in [-0.15, -0.1) is 0 Å². The van der Waals surface area contributed by atoms with Crippen LogP contribution in [0, 0.1) is 0 Å². The van der Waals surface area contributed by atoms with Crippen LogP contribution < -0.4 is 19.9 Å². The molecule has 0 aliphatic carbocycles. The number of benzene rings is 2. The van der Waals surface area contributed by atoms with E-state index in [1.54, 1.807) is 24.3 Å². The monoisotopic (exact) mass is 381 g/mol. The lowest BCUT2D eigenvalue weighted by molar-refractivity contribution is -0.120. The molecule has 28 heavy (non-hydrogen) atoms. The predicted molar refractivity (Wildman–Crippen MR) is 112 cm³/mol. The Morgan fingerprint density at radius 3 is 2.25 bits per heavy atom. The summed E-state index contributed by atoms with van der Waals surface area (Å²) in [5.41, 5.74) is 2.54. The Kier molecular flexibility index (Phi) is 6.53. The fourth-order valence-corrected chi connectivity index (χ4v) is 3.35. The summed E-state index contributed by atoms with van der Waals surface area (Å²) in [6.07, 6.45) is 2.43. The number of carbonyl (C=O) groups excluding carboxylic acids is 2. The number of amides is 2. The highest BCUT2D eigenvalue weighted by Gasteiger charge is 2.17. The molecule has 6 heteroatoms. The van der Waals surface area contributed by atoms with Gasteiger partial charge in [0.15, 0.2) is 0 Å². The molecule has 0 radical (unpaired) electrons. The Labute approximate surface area is 166 Å². The quantitative estimate of drug-likeness (QED) is 0.795. The summed E-state index contributed by atoms with van der Waals surface area (Å²) in [7, 11) is 0. The van der Waals surface area contributed by atoms with Gasteiger partial charge in [-0.2, -0.15) is 0 Å². The minimum Gasteiger partial charge on any atom is -0.494 e. The fraction of sp³-hybridized carbons (Fsp3) is 0.364. The third-order valence-corrected chi connectivity index (χ3v) is 4.76. The van der Waals surface area contributed by atoms with E-state index in [1.165, 1.54) is 24.7 Å². The Hall–Kier alpha value is -3.02. The molecule has 0 bridgehead atoms. The van der Waals surface area contributed by atoms with Crippen LogP contribution in [-0.4, -0.2) is 38.1 Å². The minimum atomic E-state index is -0.247. The molecule has 1 N–H and O–H groups in total. The van der Waals surface area contributed by atoms with E-state index in [1.807, 2.05) is 31.2 Å². The topological polar surface area (TPSA) is 61.9 Å². The summed E-state index contributed by atoms with van der Waals surface area (Å²) in [5, 5.41) is 2.83. The second-order valence-corrected chi connectivity index (χ2v) is 6.82. The molecule has 0 aromatic heterocycles. The van der Waals surface area contributed by atoms with Crippen LogP contribution in [0.1, 0.15) is 26.7 Å². The van der Waals surface area contributed by atoms with Crippen molar-refractivity contribution in [2.45, 2.75) is 26.7 Å². The first-order valence-electron chi connectivity index (χ1n) is 9.72. The molecule has 0 unspecified atom stereocenters. The van der Waals surface area contributed by atoms with Crippen LogP contribution in [0.15, 0.2) is 48.5 Å². The number of rotatable bonds is 7. The number of nitrogens with one attached hydrogen (secondary N) is 1. The highest BCUT2D eigenvalue weighted by Crippen LogP contribution is 2.24. The van der Waals surface area contributed by atoms with Crippen LogP contribution in [0.4, 0.5) is 17.1 Å². The molecule has 3 rings (SSSR count). The van der Waals surface area contributed by atoms with Gasteiger partial charge < -0.3 is 19.9 Å². The molecule has 2 amide bonds. The zero-order valence-corrected chi connectivity index (χ0v) is 16.5. The first kappa shape index (κ1) is 19.7. The number of hydrogen-bond donors (Lipinski definition) is 1. The highest BCUT2D eigenvalue weighted by molar-refractivity contribution is 6.01. The van der Waals surface area contributed by atoms with Crippen LogP contribution in [0.25, 0.3) is 0 Å². The molecular weight excluding hydrogens is 354 g/mol. The summed E-state index contributed by atoms with van der Waals surface area (Å²) >= 11 is 0. The van der Waals surface area contributed by atoms with Crippen molar-refractivity contribution in [3.63, 3.8) is 0 Å². The number of ether oxygens (including phenoxy) is 1. The van der Waals surface area contributed by atoms with Crippen LogP contribution in [-0.2, 0) is 9.59 Å². The first-order chi connectivity index (χ1) is 13.6. The van der Waals surface area contributed by atoms with Gasteiger partial charge in [-0.05, 0) is 68.3 Å². The largest absolute Gasteiger partial charge is 0.494 e. The van der Waals surface area contributed by atoms with Crippen molar-refractivity contribution in [1.29, 1.82) is 0 Å². The minimum absolute atomic E-state index is 0.0361. The lowest BCUT2D eigenvalue weighted by Gasteiger charge is -2.23. The van der Waals surface area contributed by atoms with Crippen molar-refractivity contribution in [2.75, 3.05) is 41.4 Å². The molecule has 0 saturated carbocycles. The summed E-state index contributed by atoms with van der Waals surface area (Å²) in [6.45, 7) is 6.09. The normalized spacial score (nSPS) is 13.3. The number of nitrogens with zero attached hydrogens (tertiary/aromatic N) is 2. The second kappa shape index (κ2) is 9.26. The van der Waals surface area contributed by atoms with E-state index in [0.29, 0.717) is 12.3 Å². The van der Waals surface area contributed by atoms with Gasteiger partial charge in [-0.25, -0.2) is 0 Å². The van der Waals surface area contributed by atoms with E-state index in [-0.39, 0.29) is 18.4 Å². The van der Waals surface area contributed by atoms with Crippen molar-refractivity contribution in [2.24, 2.45) is 0 Å². The molecule has 1 aliphatic rings. The van der Waals surface area contributed by atoms with Crippen LogP contribution >= 0.6 is 0 Å². The maximum Gasteiger partial charge on any atom is 0.244 e. The van der Waals surface area contributed by atoms with Gasteiger partial charge in [-0.3, -0.25) is 9.59 Å². The molecule has 148 valence electrons. The Balaban J connectivity index is 1.63. The molecule has 1 saturated heterocycles. The maximum atomic E-state index is 12.4. The van der Waals surface area contributed by atoms with Crippen LogP contribution in [0.3, 0.4) is 0 Å². The van der Waals surface area contributed by atoms with Crippen LogP contribution in [0.5, 0.6) is 5.75 Å². The van der Waals surface area contributed by atoms with Crippen molar-refractivity contribution in [3.05, 3.63) is 48.5 Å². The molecule has 0 spiro atoms. The third kappa shape index (κ3) is 5.03. The SMILES string of the molecule is CCOc1ccc(NC(=O)CN(C(C)=O)c2ccc(N3CCCC3)cc2)cc1. The van der Waals surface area contributed by atoms with Crippen molar-refractivity contribution >= 4 is 28.9 Å². The molecule has 1 heterocycles. The first-order valence-corrected chi connectivity index (χ1v) is 9.72. The fourth-order valence-electron chi connectivity index (χ4n) is 3.35. The predicted octanol–water partition coefficient (Wildman–Crippen LogP) is 3.68. The molecule has 2 aromatic rings. The van der Waals surface area contributed by atoms with Gasteiger partial charge in [0.25, 0.3) is 0 Å². The zero-order valence-electron chi connectivity index (χ0n) is 16.5. The average molecular weight is 381 g/mol. The third-order valence-electron chi connectivity index (χ3n) is 4.76. The van der Waals surface area contributed by atoms with E-state index < -0.39 is 0 Å². The van der Waals surface area contributed by atoms with E-state index >= 15 is 0 Å². The van der Waals surface area contributed by atoms with E-state index in [0.717, 1.165) is 30.2 Å². The smallest absolute Gasteiger partial charge is 0.244 e. The van der Waals surface area contributed by atoms with E-state index in [9.17, 15) is 9.59 Å². The van der Waals surface area contributed by atoms with Crippen LogP contribution in [0.2, 0.25) is 0 Å². The van der Waals surface area contributed by atoms with E-state index in [2.05, 4.69) is 10.2 Å². The van der Waals surface area contributed by atoms with Crippen molar-refractivity contribution < 1.29 is 14.3 Å². The molecule has 1 fully saturated rings. The van der Waals surface area contributed by atoms with Gasteiger partial charge in [0.05, 0.1) is 6.61 Å². The Morgan fingerprint density at radius 1 is 1.04 bits per heavy atom. The standard InChI is InChI=1S/C22H27N3O3/c1-3-28-21-12-6-18(7-13-21)23-22(27)16-25(17(2)26)20-10-8-19(9-11-20)24-14-4-5-15-24/h6-13H,3-5,14-16H2,1-2H3,(H,23,27). The molecular formula is C22H27N3O3. The lowest BCUT2D eigenvalue weighted by Crippen LogP contribution is -2.36. The molecule has 0 atom stereocenters. The maximum absolute atomic E-state index is 12.4. The zero-order chi connectivity index (χ0) is 19.9.